The molecule has 0 aromatic heterocycles. The molecule has 0 aromatic rings. The molecule has 6 heteroatoms. The van der Waals surface area contributed by atoms with Crippen LogP contribution in [0.1, 0.15) is 26.2 Å². The number of amides is 2. The topological polar surface area (TPSA) is 70.7 Å². The second-order valence-electron chi connectivity index (χ2n) is 5.29. The number of nitrogens with one attached hydrogen (secondary N) is 2. The fourth-order valence-electron chi connectivity index (χ4n) is 2.65. The third kappa shape index (κ3) is 4.47. The summed E-state index contributed by atoms with van der Waals surface area (Å²) in [6, 6.07) is 0.368. The van der Waals surface area contributed by atoms with Gasteiger partial charge in [-0.25, -0.2) is 0 Å². The summed E-state index contributed by atoms with van der Waals surface area (Å²) < 4.78 is 5.35. The second-order valence-corrected chi connectivity index (χ2v) is 5.29. The summed E-state index contributed by atoms with van der Waals surface area (Å²) in [5, 5.41) is 6.21. The Hall–Kier alpha value is -1.14. The van der Waals surface area contributed by atoms with Gasteiger partial charge in [0, 0.05) is 45.1 Å². The van der Waals surface area contributed by atoms with Crippen molar-refractivity contribution in [3.05, 3.63) is 0 Å². The Bertz CT molecular complexity index is 321. The van der Waals surface area contributed by atoms with E-state index in [-0.39, 0.29) is 23.9 Å². The number of nitrogens with zero attached hydrogens (tertiary/aromatic N) is 1. The van der Waals surface area contributed by atoms with Crippen LogP contribution in [0.4, 0.5) is 0 Å². The number of carbonyl (C=O) groups excluding carboxylic acids is 2. The summed E-state index contributed by atoms with van der Waals surface area (Å²) in [7, 11) is 0. The van der Waals surface area contributed by atoms with Gasteiger partial charge in [-0.3, -0.25) is 9.59 Å². The molecule has 0 aliphatic carbocycles. The van der Waals surface area contributed by atoms with Gasteiger partial charge in [0.1, 0.15) is 0 Å². The minimum atomic E-state index is 0.00771. The van der Waals surface area contributed by atoms with Gasteiger partial charge in [-0.15, -0.1) is 0 Å². The van der Waals surface area contributed by atoms with Crippen LogP contribution in [0.5, 0.6) is 0 Å². The maximum absolute atomic E-state index is 12.1. The first-order chi connectivity index (χ1) is 9.15. The summed E-state index contributed by atoms with van der Waals surface area (Å²) >= 11 is 0. The molecule has 2 rings (SSSR count). The maximum Gasteiger partial charge on any atom is 0.224 e. The number of morpholine rings is 1. The largest absolute Gasteiger partial charge is 0.378 e. The van der Waals surface area contributed by atoms with Crippen molar-refractivity contribution in [1.82, 2.24) is 15.5 Å². The lowest BCUT2D eigenvalue weighted by Gasteiger charge is -2.33. The lowest BCUT2D eigenvalue weighted by Crippen LogP contribution is -2.49. The van der Waals surface area contributed by atoms with Gasteiger partial charge in [0.25, 0.3) is 0 Å². The Morgan fingerprint density at radius 1 is 1.37 bits per heavy atom. The third-order valence-electron chi connectivity index (χ3n) is 3.67. The number of rotatable bonds is 3. The van der Waals surface area contributed by atoms with Crippen LogP contribution in [0.3, 0.4) is 0 Å². The molecule has 0 bridgehead atoms. The fraction of sp³-hybridized carbons (Fsp3) is 0.846. The van der Waals surface area contributed by atoms with Crippen LogP contribution in [-0.4, -0.2) is 61.6 Å². The van der Waals surface area contributed by atoms with Gasteiger partial charge in [-0.2, -0.15) is 0 Å². The minimum Gasteiger partial charge on any atom is -0.378 e. The van der Waals surface area contributed by atoms with Crippen molar-refractivity contribution in [2.24, 2.45) is 0 Å². The van der Waals surface area contributed by atoms with Gasteiger partial charge in [-0.05, 0) is 12.8 Å². The summed E-state index contributed by atoms with van der Waals surface area (Å²) in [6.07, 6.45) is 2.20. The van der Waals surface area contributed by atoms with E-state index in [2.05, 4.69) is 10.6 Å². The summed E-state index contributed by atoms with van der Waals surface area (Å²) in [6.45, 7) is 5.17. The predicted molar refractivity (Wildman–Crippen MR) is 70.6 cm³/mol. The van der Waals surface area contributed by atoms with E-state index in [9.17, 15) is 9.59 Å². The summed E-state index contributed by atoms with van der Waals surface area (Å²) in [5.74, 6) is 0.192. The van der Waals surface area contributed by atoms with Crippen LogP contribution in [0.2, 0.25) is 0 Å². The Kier molecular flexibility index (Phi) is 5.15. The Morgan fingerprint density at radius 3 is 2.68 bits per heavy atom. The lowest BCUT2D eigenvalue weighted by atomic mass is 10.0. The standard InChI is InChI=1S/C13H23N3O3/c1-10(17)15-11-2-5-16(6-3-11)13(18)8-12-9-19-7-4-14-12/h11-12,14H,2-9H2,1H3,(H,15,17). The van der Waals surface area contributed by atoms with Gasteiger partial charge in [0.15, 0.2) is 0 Å². The molecule has 2 saturated heterocycles. The molecule has 2 amide bonds. The number of likely N-dealkylation sites (tertiary alicyclic amines) is 1. The van der Waals surface area contributed by atoms with Crippen molar-refractivity contribution in [1.29, 1.82) is 0 Å². The zero-order chi connectivity index (χ0) is 13.7. The average Bonchev–Trinajstić information content (AvgIpc) is 2.40. The maximum atomic E-state index is 12.1. The van der Waals surface area contributed by atoms with E-state index in [1.165, 1.54) is 6.92 Å². The van der Waals surface area contributed by atoms with Gasteiger partial charge in [-0.1, -0.05) is 0 Å². The lowest BCUT2D eigenvalue weighted by molar-refractivity contribution is -0.133. The van der Waals surface area contributed by atoms with Crippen molar-refractivity contribution in [2.75, 3.05) is 32.8 Å². The van der Waals surface area contributed by atoms with Crippen molar-refractivity contribution < 1.29 is 14.3 Å². The molecule has 0 saturated carbocycles. The first-order valence-electron chi connectivity index (χ1n) is 7.01. The van der Waals surface area contributed by atoms with E-state index in [0.29, 0.717) is 13.0 Å². The van der Waals surface area contributed by atoms with Crippen LogP contribution in [0.25, 0.3) is 0 Å². The zero-order valence-electron chi connectivity index (χ0n) is 11.5. The highest BCUT2D eigenvalue weighted by atomic mass is 16.5. The average molecular weight is 269 g/mol. The van der Waals surface area contributed by atoms with Crippen molar-refractivity contribution in [2.45, 2.75) is 38.3 Å². The number of ether oxygens (including phenoxy) is 1. The van der Waals surface area contributed by atoms with E-state index < -0.39 is 0 Å². The molecule has 2 aliphatic heterocycles. The van der Waals surface area contributed by atoms with Crippen LogP contribution in [0, 0.1) is 0 Å². The minimum absolute atomic E-state index is 0.00771. The molecule has 6 nitrogen and oxygen atoms in total. The summed E-state index contributed by atoms with van der Waals surface area (Å²) in [4.78, 5) is 25.0. The van der Waals surface area contributed by atoms with E-state index in [4.69, 9.17) is 4.74 Å². The van der Waals surface area contributed by atoms with E-state index in [0.717, 1.165) is 39.1 Å². The van der Waals surface area contributed by atoms with Gasteiger partial charge >= 0.3 is 0 Å². The molecule has 0 aromatic carbocycles. The molecule has 2 aliphatic rings. The van der Waals surface area contributed by atoms with Crippen molar-refractivity contribution in [3.8, 4) is 0 Å². The van der Waals surface area contributed by atoms with E-state index >= 15 is 0 Å². The van der Waals surface area contributed by atoms with Crippen molar-refractivity contribution >= 4 is 11.8 Å². The molecule has 2 fully saturated rings. The molecule has 2 N–H and O–H groups in total. The Balaban J connectivity index is 1.71. The smallest absolute Gasteiger partial charge is 0.224 e. The summed E-state index contributed by atoms with van der Waals surface area (Å²) in [5.41, 5.74) is 0. The van der Waals surface area contributed by atoms with Crippen LogP contribution < -0.4 is 10.6 Å². The predicted octanol–water partition coefficient (Wildman–Crippen LogP) is -0.508. The third-order valence-corrected chi connectivity index (χ3v) is 3.67. The second kappa shape index (κ2) is 6.86. The van der Waals surface area contributed by atoms with E-state index in [1.807, 2.05) is 4.90 Å². The normalized spacial score (nSPS) is 25.1. The SMILES string of the molecule is CC(=O)NC1CCN(C(=O)CC2COCCN2)CC1. The highest BCUT2D eigenvalue weighted by Crippen LogP contribution is 2.12. The number of hydrogen-bond acceptors (Lipinski definition) is 4. The first kappa shape index (κ1) is 14.3. The van der Waals surface area contributed by atoms with Gasteiger partial charge in [0.2, 0.25) is 11.8 Å². The van der Waals surface area contributed by atoms with Crippen molar-refractivity contribution in [3.63, 3.8) is 0 Å². The zero-order valence-corrected chi connectivity index (χ0v) is 11.5. The molecule has 1 atom stereocenters. The number of hydrogen-bond donors (Lipinski definition) is 2. The molecular weight excluding hydrogens is 246 g/mol. The van der Waals surface area contributed by atoms with Crippen LogP contribution >= 0.6 is 0 Å². The van der Waals surface area contributed by atoms with E-state index in [1.54, 1.807) is 0 Å². The molecule has 108 valence electrons. The molecule has 2 heterocycles. The quantitative estimate of drug-likeness (QED) is 0.724. The Morgan fingerprint density at radius 2 is 2.11 bits per heavy atom. The van der Waals surface area contributed by atoms with Crippen LogP contribution in [0.15, 0.2) is 0 Å². The monoisotopic (exact) mass is 269 g/mol. The van der Waals surface area contributed by atoms with Gasteiger partial charge < -0.3 is 20.3 Å². The highest BCUT2D eigenvalue weighted by molar-refractivity contribution is 5.77. The fourth-order valence-corrected chi connectivity index (χ4v) is 2.65. The Labute approximate surface area is 113 Å². The highest BCUT2D eigenvalue weighted by Gasteiger charge is 2.25. The number of carbonyl (C=O) groups is 2. The molecule has 19 heavy (non-hydrogen) atoms. The molecule has 0 radical (unpaired) electrons. The molecule has 0 spiro atoms. The van der Waals surface area contributed by atoms with Gasteiger partial charge in [0.05, 0.1) is 13.2 Å². The molecular formula is C13H23N3O3. The molecule has 1 unspecified atom stereocenters. The number of piperidine rings is 1. The first-order valence-corrected chi connectivity index (χ1v) is 7.01. The van der Waals surface area contributed by atoms with Crippen LogP contribution in [-0.2, 0) is 14.3 Å².